The second kappa shape index (κ2) is 8.34. The first kappa shape index (κ1) is 17.7. The summed E-state index contributed by atoms with van der Waals surface area (Å²) in [5.41, 5.74) is 4.00. The summed E-state index contributed by atoms with van der Waals surface area (Å²) in [6.07, 6.45) is 7.35. The van der Waals surface area contributed by atoms with Gasteiger partial charge in [0.15, 0.2) is 0 Å². The van der Waals surface area contributed by atoms with Crippen molar-refractivity contribution >= 4 is 12.0 Å². The zero-order chi connectivity index (χ0) is 18.4. The zero-order valence-corrected chi connectivity index (χ0v) is 15.0. The minimum Gasteiger partial charge on any atom is -0.480 e. The Morgan fingerprint density at radius 1 is 1.12 bits per heavy atom. The van der Waals surface area contributed by atoms with E-state index in [0.717, 1.165) is 28.0 Å². The third kappa shape index (κ3) is 4.31. The molecule has 0 amide bonds. The van der Waals surface area contributed by atoms with Crippen LogP contribution in [-0.2, 0) is 9.53 Å². The SMILES string of the molecule is CCOC(=O)/C=C(C)/C=C/C1=Cc2ccccc2OC1c1ccccc1. The van der Waals surface area contributed by atoms with Crippen LogP contribution in [0.25, 0.3) is 6.08 Å². The minimum absolute atomic E-state index is 0.183. The molecule has 0 aliphatic carbocycles. The Hall–Kier alpha value is -3.07. The van der Waals surface area contributed by atoms with E-state index in [9.17, 15) is 4.79 Å². The fraction of sp³-hybridized carbons (Fsp3) is 0.174. The van der Waals surface area contributed by atoms with E-state index in [4.69, 9.17) is 9.47 Å². The fourth-order valence-electron chi connectivity index (χ4n) is 2.83. The second-order valence-corrected chi connectivity index (χ2v) is 6.06. The molecule has 2 aromatic carbocycles. The van der Waals surface area contributed by atoms with Crippen molar-refractivity contribution in [1.82, 2.24) is 0 Å². The van der Waals surface area contributed by atoms with Crippen LogP contribution in [0.3, 0.4) is 0 Å². The molecular formula is C23H22O3. The van der Waals surface area contributed by atoms with Gasteiger partial charge < -0.3 is 9.47 Å². The second-order valence-electron chi connectivity index (χ2n) is 6.06. The number of allylic oxidation sites excluding steroid dienone is 2. The van der Waals surface area contributed by atoms with Crippen molar-refractivity contribution in [3.8, 4) is 5.75 Å². The number of rotatable bonds is 5. The lowest BCUT2D eigenvalue weighted by Gasteiger charge is -2.26. The lowest BCUT2D eigenvalue weighted by Crippen LogP contribution is -2.13. The molecule has 0 fully saturated rings. The Labute approximate surface area is 154 Å². The highest BCUT2D eigenvalue weighted by Crippen LogP contribution is 2.37. The Bertz CT molecular complexity index is 860. The molecule has 3 heteroatoms. The minimum atomic E-state index is -0.325. The first-order chi connectivity index (χ1) is 12.7. The molecule has 1 aliphatic heterocycles. The topological polar surface area (TPSA) is 35.5 Å². The van der Waals surface area contributed by atoms with E-state index in [1.807, 2.05) is 61.5 Å². The molecule has 1 heterocycles. The van der Waals surface area contributed by atoms with Gasteiger partial charge in [-0.15, -0.1) is 0 Å². The number of benzene rings is 2. The first-order valence-corrected chi connectivity index (χ1v) is 8.72. The predicted octanol–water partition coefficient (Wildman–Crippen LogP) is 5.27. The summed E-state index contributed by atoms with van der Waals surface area (Å²) >= 11 is 0. The van der Waals surface area contributed by atoms with Gasteiger partial charge >= 0.3 is 5.97 Å². The lowest BCUT2D eigenvalue weighted by atomic mass is 9.95. The van der Waals surface area contributed by atoms with Crippen LogP contribution in [0.2, 0.25) is 0 Å². The molecule has 0 bridgehead atoms. The van der Waals surface area contributed by atoms with Gasteiger partial charge in [-0.1, -0.05) is 60.7 Å². The maximum Gasteiger partial charge on any atom is 0.330 e. The number of hydrogen-bond acceptors (Lipinski definition) is 3. The van der Waals surface area contributed by atoms with Crippen LogP contribution in [0.15, 0.2) is 84.0 Å². The number of para-hydroxylation sites is 1. The van der Waals surface area contributed by atoms with Crippen molar-refractivity contribution in [2.24, 2.45) is 0 Å². The van der Waals surface area contributed by atoms with Gasteiger partial charge in [-0.3, -0.25) is 0 Å². The monoisotopic (exact) mass is 346 g/mol. The van der Waals surface area contributed by atoms with Crippen molar-refractivity contribution in [1.29, 1.82) is 0 Å². The predicted molar refractivity (Wildman–Crippen MR) is 104 cm³/mol. The van der Waals surface area contributed by atoms with Crippen LogP contribution in [0.1, 0.15) is 31.1 Å². The number of carbonyl (C=O) groups excluding carboxylic acids is 1. The summed E-state index contributed by atoms with van der Waals surface area (Å²) in [5, 5.41) is 0. The van der Waals surface area contributed by atoms with Gasteiger partial charge in [0.05, 0.1) is 6.61 Å². The zero-order valence-electron chi connectivity index (χ0n) is 15.0. The molecule has 0 radical (unpaired) electrons. The van der Waals surface area contributed by atoms with E-state index in [2.05, 4.69) is 18.2 Å². The molecule has 1 unspecified atom stereocenters. The highest BCUT2D eigenvalue weighted by molar-refractivity contribution is 5.83. The van der Waals surface area contributed by atoms with Gasteiger partial charge in [0.25, 0.3) is 0 Å². The maximum atomic E-state index is 11.6. The molecule has 1 aliphatic rings. The molecule has 0 saturated carbocycles. The summed E-state index contributed by atoms with van der Waals surface area (Å²) in [6, 6.07) is 18.1. The smallest absolute Gasteiger partial charge is 0.330 e. The summed E-state index contributed by atoms with van der Waals surface area (Å²) in [5.74, 6) is 0.547. The van der Waals surface area contributed by atoms with Gasteiger partial charge in [-0.2, -0.15) is 0 Å². The average molecular weight is 346 g/mol. The molecule has 26 heavy (non-hydrogen) atoms. The number of hydrogen-bond donors (Lipinski definition) is 0. The van der Waals surface area contributed by atoms with E-state index in [1.165, 1.54) is 6.08 Å². The number of fused-ring (bicyclic) bond motifs is 1. The van der Waals surface area contributed by atoms with E-state index in [1.54, 1.807) is 6.92 Å². The summed E-state index contributed by atoms with van der Waals surface area (Å²) in [7, 11) is 0. The van der Waals surface area contributed by atoms with Crippen LogP contribution in [0.5, 0.6) is 5.75 Å². The summed E-state index contributed by atoms with van der Waals surface area (Å²) in [4.78, 5) is 11.6. The number of esters is 1. The fourth-order valence-corrected chi connectivity index (χ4v) is 2.83. The van der Waals surface area contributed by atoms with Gasteiger partial charge in [0.1, 0.15) is 11.9 Å². The van der Waals surface area contributed by atoms with E-state index < -0.39 is 0 Å². The Kier molecular flexibility index (Phi) is 5.69. The van der Waals surface area contributed by atoms with Crippen molar-refractivity contribution in [3.05, 3.63) is 95.1 Å². The molecule has 2 aromatic rings. The van der Waals surface area contributed by atoms with E-state index in [-0.39, 0.29) is 12.1 Å². The molecule has 0 N–H and O–H groups in total. The Morgan fingerprint density at radius 3 is 2.62 bits per heavy atom. The van der Waals surface area contributed by atoms with Gasteiger partial charge in [-0.05, 0) is 42.7 Å². The molecule has 0 spiro atoms. The van der Waals surface area contributed by atoms with Gasteiger partial charge in [0.2, 0.25) is 0 Å². The van der Waals surface area contributed by atoms with Crippen LogP contribution in [-0.4, -0.2) is 12.6 Å². The average Bonchev–Trinajstić information content (AvgIpc) is 2.66. The molecule has 132 valence electrons. The van der Waals surface area contributed by atoms with Gasteiger partial charge in [-0.25, -0.2) is 4.79 Å². The quantitative estimate of drug-likeness (QED) is 0.420. The summed E-state index contributed by atoms with van der Waals surface area (Å²) in [6.45, 7) is 4.05. The molecule has 3 nitrogen and oxygen atoms in total. The molecule has 0 saturated heterocycles. The van der Waals surface area contributed by atoms with Crippen molar-refractivity contribution < 1.29 is 14.3 Å². The highest BCUT2D eigenvalue weighted by Gasteiger charge is 2.22. The van der Waals surface area contributed by atoms with Crippen LogP contribution < -0.4 is 4.74 Å². The van der Waals surface area contributed by atoms with Crippen molar-refractivity contribution in [3.63, 3.8) is 0 Å². The summed E-state index contributed by atoms with van der Waals surface area (Å²) < 4.78 is 11.2. The third-order valence-electron chi connectivity index (χ3n) is 4.06. The van der Waals surface area contributed by atoms with E-state index >= 15 is 0 Å². The molecule has 1 atom stereocenters. The molecular weight excluding hydrogens is 324 g/mol. The largest absolute Gasteiger partial charge is 0.480 e. The Morgan fingerprint density at radius 2 is 1.85 bits per heavy atom. The van der Waals surface area contributed by atoms with Crippen LogP contribution in [0.4, 0.5) is 0 Å². The molecule has 3 rings (SSSR count). The highest BCUT2D eigenvalue weighted by atomic mass is 16.5. The van der Waals surface area contributed by atoms with Crippen LogP contribution in [0, 0.1) is 0 Å². The van der Waals surface area contributed by atoms with Crippen LogP contribution >= 0.6 is 0 Å². The lowest BCUT2D eigenvalue weighted by molar-refractivity contribution is -0.137. The Balaban J connectivity index is 1.91. The standard InChI is InChI=1S/C23H22O3/c1-3-25-22(24)15-17(2)13-14-20-16-19-11-7-8-12-21(19)26-23(20)18-9-5-4-6-10-18/h4-16,23H,3H2,1-2H3/b14-13+,17-15+. The van der Waals surface area contributed by atoms with Gasteiger partial charge in [0, 0.05) is 11.6 Å². The van der Waals surface area contributed by atoms with E-state index in [0.29, 0.717) is 6.61 Å². The number of carbonyl (C=O) groups is 1. The normalized spacial score (nSPS) is 16.6. The third-order valence-corrected chi connectivity index (χ3v) is 4.06. The molecule has 0 aromatic heterocycles. The first-order valence-electron chi connectivity index (χ1n) is 8.72. The maximum absolute atomic E-state index is 11.6. The van der Waals surface area contributed by atoms with Crippen molar-refractivity contribution in [2.75, 3.05) is 6.61 Å². The van der Waals surface area contributed by atoms with Crippen molar-refractivity contribution in [2.45, 2.75) is 20.0 Å². The number of ether oxygens (including phenoxy) is 2.